The van der Waals surface area contributed by atoms with Crippen molar-refractivity contribution in [1.82, 2.24) is 0 Å². The molecular formula is C54H104O6. The van der Waals surface area contributed by atoms with Gasteiger partial charge >= 0.3 is 17.9 Å². The second kappa shape index (κ2) is 48.4. The van der Waals surface area contributed by atoms with Crippen LogP contribution in [0.2, 0.25) is 0 Å². The summed E-state index contributed by atoms with van der Waals surface area (Å²) in [5.41, 5.74) is 0. The van der Waals surface area contributed by atoms with Crippen LogP contribution in [0.1, 0.15) is 304 Å². The van der Waals surface area contributed by atoms with Crippen LogP contribution in [-0.4, -0.2) is 37.2 Å². The molecule has 6 heteroatoms. The van der Waals surface area contributed by atoms with E-state index in [0.717, 1.165) is 63.7 Å². The Morgan fingerprint density at radius 3 is 0.867 bits per heavy atom. The van der Waals surface area contributed by atoms with Gasteiger partial charge in [0.25, 0.3) is 0 Å². The molecule has 60 heavy (non-hydrogen) atoms. The number of hydrogen-bond acceptors (Lipinski definition) is 6. The van der Waals surface area contributed by atoms with Crippen LogP contribution in [0.15, 0.2) is 0 Å². The van der Waals surface area contributed by atoms with E-state index in [1.807, 2.05) is 0 Å². The molecule has 356 valence electrons. The molecule has 0 saturated heterocycles. The minimum atomic E-state index is -0.761. The van der Waals surface area contributed by atoms with Crippen LogP contribution in [0.4, 0.5) is 0 Å². The predicted molar refractivity (Wildman–Crippen MR) is 257 cm³/mol. The van der Waals surface area contributed by atoms with Gasteiger partial charge in [0.2, 0.25) is 0 Å². The van der Waals surface area contributed by atoms with Crippen molar-refractivity contribution in [1.29, 1.82) is 0 Å². The van der Waals surface area contributed by atoms with Crippen LogP contribution < -0.4 is 0 Å². The Balaban J connectivity index is 4.31. The number of ether oxygens (including phenoxy) is 3. The highest BCUT2D eigenvalue weighted by Crippen LogP contribution is 2.18. The third-order valence-corrected chi connectivity index (χ3v) is 12.7. The molecule has 0 bridgehead atoms. The van der Waals surface area contributed by atoms with E-state index in [1.165, 1.54) is 199 Å². The van der Waals surface area contributed by atoms with Crippen molar-refractivity contribution in [3.63, 3.8) is 0 Å². The fourth-order valence-electron chi connectivity index (χ4n) is 8.19. The monoisotopic (exact) mass is 849 g/mol. The maximum absolute atomic E-state index is 12.8. The summed E-state index contributed by atoms with van der Waals surface area (Å²) in [6.07, 6.45) is 50.8. The summed E-state index contributed by atoms with van der Waals surface area (Å²) in [7, 11) is 0. The van der Waals surface area contributed by atoms with E-state index < -0.39 is 6.10 Å². The Morgan fingerprint density at radius 2 is 0.583 bits per heavy atom. The highest BCUT2D eigenvalue weighted by atomic mass is 16.6. The first-order chi connectivity index (χ1) is 29.4. The van der Waals surface area contributed by atoms with Crippen molar-refractivity contribution in [2.75, 3.05) is 13.2 Å². The first-order valence-corrected chi connectivity index (χ1v) is 26.9. The van der Waals surface area contributed by atoms with Crippen molar-refractivity contribution >= 4 is 17.9 Å². The van der Waals surface area contributed by atoms with Gasteiger partial charge in [-0.3, -0.25) is 14.4 Å². The van der Waals surface area contributed by atoms with Crippen LogP contribution >= 0.6 is 0 Å². The summed E-state index contributed by atoms with van der Waals surface area (Å²) in [4.78, 5) is 38.0. The van der Waals surface area contributed by atoms with E-state index in [9.17, 15) is 14.4 Å². The predicted octanol–water partition coefficient (Wildman–Crippen LogP) is 17.5. The molecular weight excluding hydrogens is 745 g/mol. The van der Waals surface area contributed by atoms with Crippen molar-refractivity contribution in [2.45, 2.75) is 310 Å². The maximum atomic E-state index is 12.8. The molecule has 0 N–H and O–H groups in total. The Hall–Kier alpha value is -1.59. The van der Waals surface area contributed by atoms with E-state index in [4.69, 9.17) is 14.2 Å². The van der Waals surface area contributed by atoms with Gasteiger partial charge in [-0.05, 0) is 25.2 Å². The Bertz CT molecular complexity index is 905. The summed E-state index contributed by atoms with van der Waals surface area (Å²) in [6.45, 7) is 9.04. The molecule has 6 nitrogen and oxygen atoms in total. The Kier molecular flexibility index (Phi) is 47.2. The summed E-state index contributed by atoms with van der Waals surface area (Å²) in [5, 5.41) is 0. The number of unbranched alkanes of at least 4 members (excludes halogenated alkanes) is 35. The topological polar surface area (TPSA) is 78.9 Å². The van der Waals surface area contributed by atoms with E-state index in [-0.39, 0.29) is 31.1 Å². The van der Waals surface area contributed by atoms with Crippen molar-refractivity contribution < 1.29 is 28.6 Å². The average molecular weight is 849 g/mol. The molecule has 2 atom stereocenters. The highest BCUT2D eigenvalue weighted by molar-refractivity contribution is 5.71. The van der Waals surface area contributed by atoms with Gasteiger partial charge in [-0.15, -0.1) is 0 Å². The largest absolute Gasteiger partial charge is 0.462 e. The fourth-order valence-corrected chi connectivity index (χ4v) is 8.19. The van der Waals surface area contributed by atoms with Gasteiger partial charge in [-0.25, -0.2) is 0 Å². The van der Waals surface area contributed by atoms with E-state index in [1.54, 1.807) is 0 Å². The molecule has 1 unspecified atom stereocenters. The van der Waals surface area contributed by atoms with Crippen molar-refractivity contribution in [3.8, 4) is 0 Å². The van der Waals surface area contributed by atoms with Crippen LogP contribution in [0.5, 0.6) is 0 Å². The lowest BCUT2D eigenvalue weighted by Crippen LogP contribution is -2.30. The average Bonchev–Trinajstić information content (AvgIpc) is 3.25. The summed E-state index contributed by atoms with van der Waals surface area (Å²) < 4.78 is 16.8. The third-order valence-electron chi connectivity index (χ3n) is 12.7. The molecule has 0 aromatic heterocycles. The highest BCUT2D eigenvalue weighted by Gasteiger charge is 2.19. The Morgan fingerprint density at radius 1 is 0.333 bits per heavy atom. The van der Waals surface area contributed by atoms with Crippen LogP contribution in [0.25, 0.3) is 0 Å². The Labute approximate surface area is 374 Å². The van der Waals surface area contributed by atoms with Gasteiger partial charge in [-0.2, -0.15) is 0 Å². The second-order valence-electron chi connectivity index (χ2n) is 18.8. The fraction of sp³-hybridized carbons (Fsp3) is 0.944. The number of carbonyl (C=O) groups excluding carboxylic acids is 3. The quantitative estimate of drug-likeness (QED) is 0.0345. The molecule has 0 rings (SSSR count). The first-order valence-electron chi connectivity index (χ1n) is 26.9. The zero-order chi connectivity index (χ0) is 43.8. The van der Waals surface area contributed by atoms with Crippen LogP contribution in [0.3, 0.4) is 0 Å². The zero-order valence-electron chi connectivity index (χ0n) is 40.9. The smallest absolute Gasteiger partial charge is 0.306 e. The maximum Gasteiger partial charge on any atom is 0.306 e. The SMILES string of the molecule is CCCCCCCCCCCCCCCCCCC(=O)O[C@@H](COC(=O)CCCCCCCCCCCCCCCC)COC(=O)CCCCCCCCCCC(C)CC. The molecule has 0 fully saturated rings. The van der Waals surface area contributed by atoms with Crippen molar-refractivity contribution in [2.24, 2.45) is 5.92 Å². The number of rotatable bonds is 49. The summed E-state index contributed by atoms with van der Waals surface area (Å²) in [5.74, 6) is 0.00545. The third kappa shape index (κ3) is 45.9. The van der Waals surface area contributed by atoms with Gasteiger partial charge in [-0.1, -0.05) is 265 Å². The van der Waals surface area contributed by atoms with Gasteiger partial charge < -0.3 is 14.2 Å². The van der Waals surface area contributed by atoms with Crippen LogP contribution in [-0.2, 0) is 28.6 Å². The van der Waals surface area contributed by atoms with Gasteiger partial charge in [0.05, 0.1) is 0 Å². The van der Waals surface area contributed by atoms with E-state index in [0.29, 0.717) is 19.3 Å². The molecule has 0 aromatic rings. The van der Waals surface area contributed by atoms with Crippen LogP contribution in [0, 0.1) is 5.92 Å². The molecule has 0 aliphatic carbocycles. The minimum absolute atomic E-state index is 0.0627. The lowest BCUT2D eigenvalue weighted by molar-refractivity contribution is -0.167. The molecule has 0 saturated carbocycles. The minimum Gasteiger partial charge on any atom is -0.462 e. The summed E-state index contributed by atoms with van der Waals surface area (Å²) >= 11 is 0. The second-order valence-corrected chi connectivity index (χ2v) is 18.8. The van der Waals surface area contributed by atoms with Gasteiger partial charge in [0.15, 0.2) is 6.10 Å². The molecule has 0 radical (unpaired) electrons. The van der Waals surface area contributed by atoms with E-state index >= 15 is 0 Å². The zero-order valence-corrected chi connectivity index (χ0v) is 40.9. The van der Waals surface area contributed by atoms with Gasteiger partial charge in [0, 0.05) is 19.3 Å². The van der Waals surface area contributed by atoms with Crippen molar-refractivity contribution in [3.05, 3.63) is 0 Å². The lowest BCUT2D eigenvalue weighted by Gasteiger charge is -2.18. The number of carbonyl (C=O) groups is 3. The number of esters is 3. The first kappa shape index (κ1) is 58.4. The molecule has 0 aliphatic rings. The molecule has 0 aromatic carbocycles. The van der Waals surface area contributed by atoms with Gasteiger partial charge in [0.1, 0.15) is 13.2 Å². The van der Waals surface area contributed by atoms with E-state index in [2.05, 4.69) is 27.7 Å². The number of hydrogen-bond donors (Lipinski definition) is 0. The molecule has 0 heterocycles. The summed E-state index contributed by atoms with van der Waals surface area (Å²) in [6, 6.07) is 0. The molecule has 0 amide bonds. The molecule has 0 aliphatic heterocycles. The molecule has 0 spiro atoms. The normalized spacial score (nSPS) is 12.4. The standard InChI is InChI=1S/C54H104O6/c1-5-8-10-12-14-16-18-20-22-23-25-27-29-35-39-43-47-54(57)60-51(49-59-53(56)46-42-38-34-31-30-32-36-40-44-50(4)7-3)48-58-52(55)45-41-37-33-28-26-24-21-19-17-15-13-11-9-6-2/h50-51H,5-49H2,1-4H3/t50?,51-/m0/s1. The lowest BCUT2D eigenvalue weighted by atomic mass is 9.99.